The Labute approximate surface area is 146 Å². The van der Waals surface area contributed by atoms with E-state index in [1.807, 2.05) is 11.8 Å². The van der Waals surface area contributed by atoms with Crippen molar-refractivity contribution in [2.75, 3.05) is 13.1 Å². The Balaban J connectivity index is 1.44. The number of carboxylic acid groups (broad SMARTS) is 1. The minimum Gasteiger partial charge on any atom is -0.480 e. The number of urea groups is 1. The number of carboxylic acids is 1. The highest BCUT2D eigenvalue weighted by atomic mass is 32.1. The number of hydrogen-bond acceptors (Lipinski definition) is 4. The van der Waals surface area contributed by atoms with Gasteiger partial charge in [-0.25, -0.2) is 4.79 Å². The molecule has 24 heavy (non-hydrogen) atoms. The van der Waals surface area contributed by atoms with Gasteiger partial charge in [0.1, 0.15) is 0 Å². The molecule has 6 nitrogen and oxygen atoms in total. The molecule has 1 atom stereocenters. The zero-order valence-corrected chi connectivity index (χ0v) is 14.8. The molecule has 1 aromatic heterocycles. The molecule has 3 rings (SSSR count). The number of nitrogens with zero attached hydrogens (tertiary/aromatic N) is 1. The lowest BCUT2D eigenvalue weighted by molar-refractivity contribution is -0.139. The summed E-state index contributed by atoms with van der Waals surface area (Å²) < 4.78 is 0. The van der Waals surface area contributed by atoms with Gasteiger partial charge in [0.2, 0.25) is 0 Å². The molecule has 7 heteroatoms. The van der Waals surface area contributed by atoms with E-state index in [2.05, 4.69) is 22.1 Å². The van der Waals surface area contributed by atoms with Crippen LogP contribution in [0.25, 0.3) is 0 Å². The van der Waals surface area contributed by atoms with Crippen molar-refractivity contribution >= 4 is 23.3 Å². The molecule has 1 heterocycles. The first-order valence-electron chi connectivity index (χ1n) is 8.66. The molecule has 0 radical (unpaired) electrons. The quantitative estimate of drug-likeness (QED) is 0.735. The van der Waals surface area contributed by atoms with E-state index in [0.29, 0.717) is 0 Å². The number of nitrogens with one attached hydrogen (secondary N) is 2. The summed E-state index contributed by atoms with van der Waals surface area (Å²) in [6, 6.07) is 2.53. The molecule has 3 N–H and O–H groups in total. The maximum atomic E-state index is 12.2. The standard InChI is InChI=1S/C17H25N3O3S/c1-2-20(10-16(21)22)12-8-11(9-12)18-17(23)19-14-4-3-5-15-13(14)6-7-24-15/h6-7,11-12,14H,2-5,8-10H2,1H3,(H,21,22)(H2,18,19,23). The predicted molar refractivity (Wildman–Crippen MR) is 93.4 cm³/mol. The van der Waals surface area contributed by atoms with Crippen LogP contribution >= 0.6 is 11.3 Å². The summed E-state index contributed by atoms with van der Waals surface area (Å²) in [5.41, 5.74) is 1.27. The summed E-state index contributed by atoms with van der Waals surface area (Å²) >= 11 is 1.77. The second kappa shape index (κ2) is 7.53. The molecule has 1 unspecified atom stereocenters. The van der Waals surface area contributed by atoms with Crippen molar-refractivity contribution in [2.45, 2.75) is 57.2 Å². The van der Waals surface area contributed by atoms with E-state index >= 15 is 0 Å². The van der Waals surface area contributed by atoms with Gasteiger partial charge in [0, 0.05) is 17.0 Å². The van der Waals surface area contributed by atoms with Crippen LogP contribution in [0.15, 0.2) is 11.4 Å². The van der Waals surface area contributed by atoms with Gasteiger partial charge < -0.3 is 15.7 Å². The van der Waals surface area contributed by atoms with Crippen molar-refractivity contribution in [3.63, 3.8) is 0 Å². The molecule has 0 bridgehead atoms. The normalized spacial score (nSPS) is 25.7. The summed E-state index contributed by atoms with van der Waals surface area (Å²) in [6.45, 7) is 2.76. The monoisotopic (exact) mass is 351 g/mol. The molecule has 1 aromatic rings. The lowest BCUT2D eigenvalue weighted by Crippen LogP contribution is -2.56. The first-order chi connectivity index (χ1) is 11.6. The third-order valence-electron chi connectivity index (χ3n) is 5.07. The van der Waals surface area contributed by atoms with Gasteiger partial charge in [-0.3, -0.25) is 9.69 Å². The SMILES string of the molecule is CCN(CC(=O)O)C1CC(NC(=O)NC2CCCc3sccc32)C1. The molecule has 0 aromatic carbocycles. The maximum Gasteiger partial charge on any atom is 0.317 e. The number of fused-ring (bicyclic) bond motifs is 1. The topological polar surface area (TPSA) is 81.7 Å². The largest absolute Gasteiger partial charge is 0.480 e. The van der Waals surface area contributed by atoms with Crippen molar-refractivity contribution in [1.82, 2.24) is 15.5 Å². The number of aliphatic carboxylic acids is 1. The number of aryl methyl sites for hydroxylation is 1. The highest BCUT2D eigenvalue weighted by Gasteiger charge is 2.35. The van der Waals surface area contributed by atoms with E-state index in [4.69, 9.17) is 5.11 Å². The Kier molecular flexibility index (Phi) is 5.40. The Morgan fingerprint density at radius 3 is 2.88 bits per heavy atom. The van der Waals surface area contributed by atoms with Crippen LogP contribution in [0.2, 0.25) is 0 Å². The predicted octanol–water partition coefficient (Wildman–Crippen LogP) is 2.36. The highest BCUT2D eigenvalue weighted by Crippen LogP contribution is 2.33. The first kappa shape index (κ1) is 17.2. The number of carbonyl (C=O) groups excluding carboxylic acids is 1. The second-order valence-corrected chi connectivity index (χ2v) is 7.64. The zero-order valence-electron chi connectivity index (χ0n) is 14.0. The summed E-state index contributed by atoms with van der Waals surface area (Å²) in [4.78, 5) is 26.4. The first-order valence-corrected chi connectivity index (χ1v) is 9.54. The van der Waals surface area contributed by atoms with Crippen LogP contribution in [0, 0.1) is 0 Å². The lowest BCUT2D eigenvalue weighted by Gasteiger charge is -2.42. The third kappa shape index (κ3) is 3.89. The summed E-state index contributed by atoms with van der Waals surface area (Å²) in [7, 11) is 0. The summed E-state index contributed by atoms with van der Waals surface area (Å²) in [6.07, 6.45) is 4.87. The van der Waals surface area contributed by atoms with Gasteiger partial charge in [-0.15, -0.1) is 11.3 Å². The lowest BCUT2D eigenvalue weighted by atomic mass is 9.85. The Hall–Kier alpha value is -1.60. The number of thiophene rings is 1. The van der Waals surface area contributed by atoms with Gasteiger partial charge in [-0.05, 0) is 55.7 Å². The maximum absolute atomic E-state index is 12.2. The molecule has 2 aliphatic rings. The van der Waals surface area contributed by atoms with Crippen LogP contribution in [0.4, 0.5) is 4.79 Å². The molecule has 0 saturated heterocycles. The fraction of sp³-hybridized carbons (Fsp3) is 0.647. The smallest absolute Gasteiger partial charge is 0.317 e. The fourth-order valence-electron chi connectivity index (χ4n) is 3.70. The van der Waals surface area contributed by atoms with E-state index in [0.717, 1.165) is 38.6 Å². The van der Waals surface area contributed by atoms with Crippen molar-refractivity contribution in [3.8, 4) is 0 Å². The Morgan fingerprint density at radius 1 is 1.38 bits per heavy atom. The number of amides is 2. The molecule has 2 amide bonds. The number of hydrogen-bond donors (Lipinski definition) is 3. The molecular formula is C17H25N3O3S. The van der Waals surface area contributed by atoms with Crippen LogP contribution in [0.5, 0.6) is 0 Å². The van der Waals surface area contributed by atoms with Gasteiger partial charge in [0.15, 0.2) is 0 Å². The minimum absolute atomic E-state index is 0.0725. The average Bonchev–Trinajstić information content (AvgIpc) is 2.98. The van der Waals surface area contributed by atoms with Crippen LogP contribution in [0.1, 0.15) is 49.1 Å². The molecule has 132 valence electrons. The number of rotatable bonds is 6. The Morgan fingerprint density at radius 2 is 2.17 bits per heavy atom. The van der Waals surface area contributed by atoms with E-state index in [1.54, 1.807) is 11.3 Å². The summed E-state index contributed by atoms with van der Waals surface area (Å²) in [5, 5.41) is 17.1. The minimum atomic E-state index is -0.796. The van der Waals surface area contributed by atoms with E-state index in [1.165, 1.54) is 10.4 Å². The second-order valence-electron chi connectivity index (χ2n) is 6.64. The van der Waals surface area contributed by atoms with E-state index in [9.17, 15) is 9.59 Å². The molecule has 1 fully saturated rings. The highest BCUT2D eigenvalue weighted by molar-refractivity contribution is 7.10. The van der Waals surface area contributed by atoms with Gasteiger partial charge in [0.05, 0.1) is 12.6 Å². The number of carbonyl (C=O) groups is 2. The number of likely N-dealkylation sites (N-methyl/N-ethyl adjacent to an activating group) is 1. The van der Waals surface area contributed by atoms with Crippen molar-refractivity contribution < 1.29 is 14.7 Å². The van der Waals surface area contributed by atoms with Crippen LogP contribution in [-0.4, -0.2) is 47.2 Å². The molecule has 1 saturated carbocycles. The van der Waals surface area contributed by atoms with Crippen molar-refractivity contribution in [2.24, 2.45) is 0 Å². The van der Waals surface area contributed by atoms with Crippen LogP contribution < -0.4 is 10.6 Å². The fourth-order valence-corrected chi connectivity index (χ4v) is 4.69. The molecular weight excluding hydrogens is 326 g/mol. The third-order valence-corrected chi connectivity index (χ3v) is 6.06. The summed E-state index contributed by atoms with van der Waals surface area (Å²) in [5.74, 6) is -0.796. The van der Waals surface area contributed by atoms with Gasteiger partial charge in [-0.1, -0.05) is 6.92 Å². The van der Waals surface area contributed by atoms with E-state index in [-0.39, 0.29) is 30.7 Å². The molecule has 2 aliphatic carbocycles. The van der Waals surface area contributed by atoms with E-state index < -0.39 is 5.97 Å². The van der Waals surface area contributed by atoms with Gasteiger partial charge in [0.25, 0.3) is 0 Å². The average molecular weight is 351 g/mol. The molecule has 0 spiro atoms. The Bertz CT molecular complexity index is 598. The van der Waals surface area contributed by atoms with Gasteiger partial charge in [-0.2, -0.15) is 0 Å². The molecule has 0 aliphatic heterocycles. The van der Waals surface area contributed by atoms with Crippen LogP contribution in [0.3, 0.4) is 0 Å². The van der Waals surface area contributed by atoms with Gasteiger partial charge >= 0.3 is 12.0 Å². The van der Waals surface area contributed by atoms with Crippen molar-refractivity contribution in [3.05, 3.63) is 21.9 Å². The van der Waals surface area contributed by atoms with Crippen molar-refractivity contribution in [1.29, 1.82) is 0 Å². The van der Waals surface area contributed by atoms with Crippen LogP contribution in [-0.2, 0) is 11.2 Å². The zero-order chi connectivity index (χ0) is 17.1.